The number of hydrogen-bond acceptors (Lipinski definition) is 6. The van der Waals surface area contributed by atoms with Gasteiger partial charge < -0.3 is 5.32 Å². The van der Waals surface area contributed by atoms with Gasteiger partial charge in [-0.3, -0.25) is 4.68 Å². The molecular weight excluding hydrogens is 310 g/mol. The Kier molecular flexibility index (Phi) is 6.01. The summed E-state index contributed by atoms with van der Waals surface area (Å²) in [6, 6.07) is 0. The van der Waals surface area contributed by atoms with Crippen molar-refractivity contribution in [1.82, 2.24) is 35.3 Å². The minimum atomic E-state index is 0.670. The molecule has 21 heavy (non-hydrogen) atoms. The molecule has 2 aromatic heterocycles. The second kappa shape index (κ2) is 7.77. The minimum Gasteiger partial charge on any atom is -0.315 e. The largest absolute Gasteiger partial charge is 0.315 e. The quantitative estimate of drug-likeness (QED) is 0.586. The summed E-state index contributed by atoms with van der Waals surface area (Å²) in [6.45, 7) is 6.73. The summed E-state index contributed by atoms with van der Waals surface area (Å²) in [5, 5.41) is 20.9. The maximum Gasteiger partial charge on any atom is 0.209 e. The van der Waals surface area contributed by atoms with Crippen LogP contribution in [0.5, 0.6) is 0 Å². The molecule has 116 valence electrons. The van der Waals surface area contributed by atoms with Crippen molar-refractivity contribution in [2.45, 2.75) is 37.7 Å². The van der Waals surface area contributed by atoms with Gasteiger partial charge in [0, 0.05) is 24.9 Å². The normalized spacial score (nSPS) is 11.2. The lowest BCUT2D eigenvalue weighted by Gasteiger charge is -2.05. The van der Waals surface area contributed by atoms with E-state index in [1.165, 1.54) is 0 Å². The van der Waals surface area contributed by atoms with Crippen LogP contribution in [0.15, 0.2) is 5.16 Å². The molecule has 0 aliphatic heterocycles. The summed E-state index contributed by atoms with van der Waals surface area (Å²) in [7, 11) is 1.84. The summed E-state index contributed by atoms with van der Waals surface area (Å²) in [5.41, 5.74) is 1.97. The molecule has 2 heterocycles. The molecular formula is C12H20ClN7S. The molecule has 1 N–H and O–H groups in total. The average molecular weight is 330 g/mol. The van der Waals surface area contributed by atoms with Crippen molar-refractivity contribution in [3.8, 4) is 0 Å². The van der Waals surface area contributed by atoms with Gasteiger partial charge in [0.25, 0.3) is 0 Å². The van der Waals surface area contributed by atoms with Gasteiger partial charge in [-0.05, 0) is 30.3 Å². The van der Waals surface area contributed by atoms with Gasteiger partial charge in [0.1, 0.15) is 5.15 Å². The van der Waals surface area contributed by atoms with Crippen molar-refractivity contribution in [2.24, 2.45) is 7.05 Å². The first-order valence-electron chi connectivity index (χ1n) is 6.91. The Bertz CT molecular complexity index is 580. The van der Waals surface area contributed by atoms with E-state index in [1.807, 2.05) is 18.7 Å². The Morgan fingerprint density at radius 1 is 1.33 bits per heavy atom. The smallest absolute Gasteiger partial charge is 0.209 e. The van der Waals surface area contributed by atoms with Gasteiger partial charge in [-0.2, -0.15) is 5.10 Å². The Hall–Kier alpha value is -1.12. The van der Waals surface area contributed by atoms with Gasteiger partial charge in [0.15, 0.2) is 0 Å². The zero-order chi connectivity index (χ0) is 15.2. The van der Waals surface area contributed by atoms with Crippen LogP contribution in [0.2, 0.25) is 5.15 Å². The van der Waals surface area contributed by atoms with E-state index in [0.717, 1.165) is 42.5 Å². The Morgan fingerprint density at radius 2 is 2.14 bits per heavy atom. The number of halogens is 1. The van der Waals surface area contributed by atoms with E-state index in [0.29, 0.717) is 10.9 Å². The molecule has 0 fully saturated rings. The van der Waals surface area contributed by atoms with Crippen LogP contribution in [0.25, 0.3) is 0 Å². The highest BCUT2D eigenvalue weighted by Crippen LogP contribution is 2.26. The van der Waals surface area contributed by atoms with Crippen LogP contribution >= 0.6 is 23.4 Å². The summed E-state index contributed by atoms with van der Waals surface area (Å²) < 4.78 is 3.50. The summed E-state index contributed by atoms with van der Waals surface area (Å²) in [5.74, 6) is 0.710. The van der Waals surface area contributed by atoms with E-state index >= 15 is 0 Å². The van der Waals surface area contributed by atoms with Gasteiger partial charge in [-0.15, -0.1) is 5.10 Å². The number of nitrogens with one attached hydrogen (secondary N) is 1. The summed E-state index contributed by atoms with van der Waals surface area (Å²) in [6.07, 6.45) is 1.12. The second-order valence-electron chi connectivity index (χ2n) is 4.70. The van der Waals surface area contributed by atoms with Crippen LogP contribution in [-0.4, -0.2) is 43.1 Å². The first kappa shape index (κ1) is 16.3. The highest BCUT2D eigenvalue weighted by molar-refractivity contribution is 7.98. The summed E-state index contributed by atoms with van der Waals surface area (Å²) in [4.78, 5) is 0. The molecule has 0 aromatic carbocycles. The van der Waals surface area contributed by atoms with Crippen LogP contribution in [0.3, 0.4) is 0 Å². The van der Waals surface area contributed by atoms with Crippen LogP contribution in [0.1, 0.15) is 24.6 Å². The van der Waals surface area contributed by atoms with E-state index in [1.54, 1.807) is 16.4 Å². The van der Waals surface area contributed by atoms with E-state index in [4.69, 9.17) is 11.6 Å². The molecule has 0 unspecified atom stereocenters. The molecule has 0 aliphatic carbocycles. The van der Waals surface area contributed by atoms with E-state index in [2.05, 4.69) is 32.9 Å². The Morgan fingerprint density at radius 3 is 2.81 bits per heavy atom. The molecule has 7 nitrogen and oxygen atoms in total. The highest BCUT2D eigenvalue weighted by atomic mass is 35.5. The lowest BCUT2D eigenvalue weighted by atomic mass is 10.3. The third-order valence-corrected chi connectivity index (χ3v) is 4.50. The van der Waals surface area contributed by atoms with Crippen LogP contribution in [-0.2, 0) is 19.3 Å². The number of aryl methyl sites for hydroxylation is 2. The lowest BCUT2D eigenvalue weighted by Crippen LogP contribution is -2.21. The van der Waals surface area contributed by atoms with Gasteiger partial charge in [-0.1, -0.05) is 30.3 Å². The zero-order valence-electron chi connectivity index (χ0n) is 12.5. The van der Waals surface area contributed by atoms with Crippen molar-refractivity contribution in [3.63, 3.8) is 0 Å². The molecule has 0 amide bonds. The molecule has 0 atom stereocenters. The molecule has 0 aliphatic rings. The Balaban J connectivity index is 1.93. The van der Waals surface area contributed by atoms with Crippen LogP contribution < -0.4 is 5.32 Å². The predicted octanol–water partition coefficient (Wildman–Crippen LogP) is 1.66. The van der Waals surface area contributed by atoms with Gasteiger partial charge >= 0.3 is 0 Å². The molecule has 0 bridgehead atoms. The van der Waals surface area contributed by atoms with Crippen LogP contribution in [0.4, 0.5) is 0 Å². The predicted molar refractivity (Wildman–Crippen MR) is 83.5 cm³/mol. The SMILES string of the molecule is CCCNCCn1nnnc1SCc1c(C)nn(C)c1Cl. The van der Waals surface area contributed by atoms with Crippen molar-refractivity contribution >= 4 is 23.4 Å². The molecule has 0 saturated carbocycles. The molecule has 2 rings (SSSR count). The van der Waals surface area contributed by atoms with E-state index < -0.39 is 0 Å². The first-order valence-corrected chi connectivity index (χ1v) is 8.27. The number of nitrogens with zero attached hydrogens (tertiary/aromatic N) is 6. The van der Waals surface area contributed by atoms with Crippen molar-refractivity contribution < 1.29 is 0 Å². The molecule has 0 saturated heterocycles. The fraction of sp³-hybridized carbons (Fsp3) is 0.667. The second-order valence-corrected chi connectivity index (χ2v) is 6.00. The lowest BCUT2D eigenvalue weighted by molar-refractivity contribution is 0.510. The average Bonchev–Trinajstić information content (AvgIpc) is 2.99. The maximum absolute atomic E-state index is 6.23. The third kappa shape index (κ3) is 4.18. The maximum atomic E-state index is 6.23. The van der Waals surface area contributed by atoms with Crippen molar-refractivity contribution in [1.29, 1.82) is 0 Å². The van der Waals surface area contributed by atoms with Crippen molar-refractivity contribution in [2.75, 3.05) is 13.1 Å². The van der Waals surface area contributed by atoms with Crippen LogP contribution in [0, 0.1) is 6.92 Å². The molecule has 9 heteroatoms. The summed E-state index contributed by atoms with van der Waals surface area (Å²) >= 11 is 7.80. The third-order valence-electron chi connectivity index (χ3n) is 3.04. The first-order chi connectivity index (χ1) is 10.1. The molecule has 0 radical (unpaired) electrons. The number of thioether (sulfide) groups is 1. The fourth-order valence-corrected chi connectivity index (χ4v) is 3.21. The monoisotopic (exact) mass is 329 g/mol. The zero-order valence-corrected chi connectivity index (χ0v) is 14.1. The number of hydrogen-bond donors (Lipinski definition) is 1. The van der Waals surface area contributed by atoms with Gasteiger partial charge in [-0.25, -0.2) is 4.68 Å². The highest BCUT2D eigenvalue weighted by Gasteiger charge is 2.14. The van der Waals surface area contributed by atoms with E-state index in [9.17, 15) is 0 Å². The molecule has 0 spiro atoms. The number of rotatable bonds is 8. The standard InChI is InChI=1S/C12H20ClN7S/c1-4-5-14-6-7-20-12(15-17-18-20)21-8-10-9(2)16-19(3)11(10)13/h14H,4-8H2,1-3H3. The topological polar surface area (TPSA) is 73.5 Å². The fourth-order valence-electron chi connectivity index (χ4n) is 1.90. The Labute approximate surface area is 133 Å². The van der Waals surface area contributed by atoms with Gasteiger partial charge in [0.2, 0.25) is 5.16 Å². The minimum absolute atomic E-state index is 0.670. The molecule has 2 aromatic rings. The van der Waals surface area contributed by atoms with E-state index in [-0.39, 0.29) is 0 Å². The van der Waals surface area contributed by atoms with Gasteiger partial charge in [0.05, 0.1) is 12.2 Å². The van der Waals surface area contributed by atoms with Crippen molar-refractivity contribution in [3.05, 3.63) is 16.4 Å². The number of tetrazole rings is 1. The number of aromatic nitrogens is 6.